The summed E-state index contributed by atoms with van der Waals surface area (Å²) in [5.74, 6) is 0.975. The quantitative estimate of drug-likeness (QED) is 0.582. The van der Waals surface area contributed by atoms with Crippen LogP contribution in [0.25, 0.3) is 0 Å². The van der Waals surface area contributed by atoms with Crippen LogP contribution in [0.5, 0.6) is 0 Å². The van der Waals surface area contributed by atoms with Crippen LogP contribution in [0.3, 0.4) is 0 Å². The Hall–Kier alpha value is -0.000000000000000111. The number of nitrogens with one attached hydrogen (secondary N) is 1. The van der Waals surface area contributed by atoms with E-state index >= 15 is 0 Å². The van der Waals surface area contributed by atoms with Gasteiger partial charge in [-0.15, -0.1) is 23.1 Å². The van der Waals surface area contributed by atoms with Crippen molar-refractivity contribution in [3.05, 3.63) is 50.1 Å². The van der Waals surface area contributed by atoms with Gasteiger partial charge in [0, 0.05) is 20.0 Å². The number of benzene rings is 1. The third-order valence-electron chi connectivity index (χ3n) is 2.84. The second-order valence-electron chi connectivity index (χ2n) is 4.38. The van der Waals surface area contributed by atoms with Gasteiger partial charge in [0.15, 0.2) is 0 Å². The Morgan fingerprint density at radius 3 is 2.80 bits per heavy atom. The predicted octanol–water partition coefficient (Wildman–Crippen LogP) is 6.00. The number of halogens is 2. The van der Waals surface area contributed by atoms with Crippen molar-refractivity contribution >= 4 is 50.6 Å². The summed E-state index contributed by atoms with van der Waals surface area (Å²) in [6.45, 7) is 3.22. The second kappa shape index (κ2) is 8.44. The summed E-state index contributed by atoms with van der Waals surface area (Å²) in [6, 6.07) is 10.5. The van der Waals surface area contributed by atoms with Crippen molar-refractivity contribution in [1.29, 1.82) is 0 Å². The largest absolute Gasteiger partial charge is 0.309 e. The molecule has 1 aromatic carbocycles. The average molecular weight is 391 g/mol. The molecule has 1 heterocycles. The summed E-state index contributed by atoms with van der Waals surface area (Å²) in [7, 11) is 0. The molecule has 0 spiro atoms. The molecule has 0 aliphatic rings. The molecule has 0 amide bonds. The Balaban J connectivity index is 2.05. The van der Waals surface area contributed by atoms with E-state index in [1.165, 1.54) is 9.35 Å². The first kappa shape index (κ1) is 16.4. The molecule has 0 saturated carbocycles. The fourth-order valence-electron chi connectivity index (χ4n) is 1.83. The second-order valence-corrected chi connectivity index (χ2v) is 7.65. The lowest BCUT2D eigenvalue weighted by atomic mass is 10.2. The number of thiophene rings is 1. The van der Waals surface area contributed by atoms with Crippen LogP contribution in [-0.2, 0) is 0 Å². The summed E-state index contributed by atoms with van der Waals surface area (Å²) in [4.78, 5) is 2.50. The van der Waals surface area contributed by atoms with Crippen molar-refractivity contribution in [2.75, 3.05) is 12.3 Å². The van der Waals surface area contributed by atoms with Crippen LogP contribution in [0.1, 0.15) is 24.3 Å². The molecule has 1 atom stereocenters. The molecule has 2 rings (SSSR count). The highest BCUT2D eigenvalue weighted by atomic mass is 79.9. The van der Waals surface area contributed by atoms with Crippen LogP contribution in [0.15, 0.2) is 45.1 Å². The lowest BCUT2D eigenvalue weighted by Crippen LogP contribution is -2.23. The van der Waals surface area contributed by atoms with Gasteiger partial charge in [0.2, 0.25) is 0 Å². The Kier molecular flexibility index (Phi) is 6.91. The van der Waals surface area contributed by atoms with Gasteiger partial charge in [-0.3, -0.25) is 0 Å². The van der Waals surface area contributed by atoms with Gasteiger partial charge in [-0.1, -0.05) is 30.7 Å². The number of hydrogen-bond acceptors (Lipinski definition) is 3. The minimum absolute atomic E-state index is 0.352. The number of rotatable bonds is 7. The highest BCUT2D eigenvalue weighted by Crippen LogP contribution is 2.34. The Morgan fingerprint density at radius 2 is 2.15 bits per heavy atom. The highest BCUT2D eigenvalue weighted by molar-refractivity contribution is 9.10. The molecule has 2 aromatic rings. The molecule has 1 nitrogen and oxygen atoms in total. The van der Waals surface area contributed by atoms with Gasteiger partial charge < -0.3 is 5.32 Å². The summed E-state index contributed by atoms with van der Waals surface area (Å²) >= 11 is 13.5. The van der Waals surface area contributed by atoms with Crippen molar-refractivity contribution in [3.63, 3.8) is 0 Å². The maximum absolute atomic E-state index is 6.22. The zero-order valence-electron chi connectivity index (χ0n) is 11.2. The zero-order chi connectivity index (χ0) is 14.4. The van der Waals surface area contributed by atoms with Gasteiger partial charge in [0.25, 0.3) is 0 Å². The minimum atomic E-state index is 0.352. The minimum Gasteiger partial charge on any atom is -0.309 e. The van der Waals surface area contributed by atoms with E-state index in [1.807, 2.05) is 18.2 Å². The van der Waals surface area contributed by atoms with Crippen molar-refractivity contribution in [3.8, 4) is 0 Å². The van der Waals surface area contributed by atoms with Gasteiger partial charge in [0.1, 0.15) is 0 Å². The SMILES string of the molecule is CCCNC(CSc1ccccc1Cl)c1sccc1Br. The monoisotopic (exact) mass is 389 g/mol. The molecule has 0 saturated heterocycles. The van der Waals surface area contributed by atoms with Gasteiger partial charge >= 0.3 is 0 Å². The van der Waals surface area contributed by atoms with E-state index in [1.54, 1.807) is 23.1 Å². The molecule has 0 aliphatic heterocycles. The van der Waals surface area contributed by atoms with E-state index in [0.717, 1.165) is 28.6 Å². The van der Waals surface area contributed by atoms with Gasteiger partial charge in [-0.05, 0) is 52.5 Å². The molecular formula is C15H17BrClNS2. The normalized spacial score (nSPS) is 12.6. The molecule has 1 N–H and O–H groups in total. The molecule has 0 bridgehead atoms. The van der Waals surface area contributed by atoms with Crippen molar-refractivity contribution < 1.29 is 0 Å². The summed E-state index contributed by atoms with van der Waals surface area (Å²) in [5, 5.41) is 6.57. The first-order valence-corrected chi connectivity index (χ1v) is 9.59. The van der Waals surface area contributed by atoms with Crippen LogP contribution in [0.4, 0.5) is 0 Å². The fraction of sp³-hybridized carbons (Fsp3) is 0.333. The van der Waals surface area contributed by atoms with E-state index < -0.39 is 0 Å². The van der Waals surface area contributed by atoms with Crippen LogP contribution >= 0.6 is 50.6 Å². The molecule has 1 aromatic heterocycles. The van der Waals surface area contributed by atoms with E-state index in [2.05, 4.69) is 45.7 Å². The smallest absolute Gasteiger partial charge is 0.0541 e. The molecule has 5 heteroatoms. The third kappa shape index (κ3) is 4.50. The lowest BCUT2D eigenvalue weighted by molar-refractivity contribution is 0.583. The molecule has 108 valence electrons. The molecule has 1 unspecified atom stereocenters. The lowest BCUT2D eigenvalue weighted by Gasteiger charge is -2.18. The van der Waals surface area contributed by atoms with Crippen LogP contribution in [0, 0.1) is 0 Å². The standard InChI is InChI=1S/C15H17BrClNS2/c1-2-8-18-13(15-11(16)7-9-19-15)10-20-14-6-4-3-5-12(14)17/h3-7,9,13,18H,2,8,10H2,1H3. The fourth-order valence-corrected chi connectivity index (χ4v) is 4.98. The Labute approximate surface area is 142 Å². The van der Waals surface area contributed by atoms with Gasteiger partial charge in [0.05, 0.1) is 11.1 Å². The van der Waals surface area contributed by atoms with Crippen LogP contribution in [0.2, 0.25) is 5.02 Å². The van der Waals surface area contributed by atoms with Crippen LogP contribution < -0.4 is 5.32 Å². The van der Waals surface area contributed by atoms with Crippen LogP contribution in [-0.4, -0.2) is 12.3 Å². The van der Waals surface area contributed by atoms with Crippen molar-refractivity contribution in [2.24, 2.45) is 0 Å². The number of hydrogen-bond donors (Lipinski definition) is 1. The molecule has 0 radical (unpaired) electrons. The van der Waals surface area contributed by atoms with E-state index in [0.29, 0.717) is 6.04 Å². The summed E-state index contributed by atoms with van der Waals surface area (Å²) in [5.41, 5.74) is 0. The molecular weight excluding hydrogens is 374 g/mol. The molecule has 20 heavy (non-hydrogen) atoms. The van der Waals surface area contributed by atoms with E-state index in [4.69, 9.17) is 11.6 Å². The van der Waals surface area contributed by atoms with Gasteiger partial charge in [-0.25, -0.2) is 0 Å². The maximum atomic E-state index is 6.22. The zero-order valence-corrected chi connectivity index (χ0v) is 15.2. The summed E-state index contributed by atoms with van der Waals surface area (Å²) < 4.78 is 1.19. The Morgan fingerprint density at radius 1 is 1.35 bits per heavy atom. The highest BCUT2D eigenvalue weighted by Gasteiger charge is 2.16. The molecule has 0 fully saturated rings. The van der Waals surface area contributed by atoms with E-state index in [-0.39, 0.29) is 0 Å². The third-order valence-corrected chi connectivity index (χ3v) is 6.44. The predicted molar refractivity (Wildman–Crippen MR) is 95.2 cm³/mol. The maximum Gasteiger partial charge on any atom is 0.0541 e. The van der Waals surface area contributed by atoms with Crippen molar-refractivity contribution in [2.45, 2.75) is 24.3 Å². The number of thioether (sulfide) groups is 1. The average Bonchev–Trinajstić information content (AvgIpc) is 2.87. The topological polar surface area (TPSA) is 12.0 Å². The van der Waals surface area contributed by atoms with Crippen molar-refractivity contribution in [1.82, 2.24) is 5.32 Å². The first-order valence-electron chi connectivity index (χ1n) is 6.56. The van der Waals surface area contributed by atoms with Gasteiger partial charge in [-0.2, -0.15) is 0 Å². The molecule has 0 aliphatic carbocycles. The summed E-state index contributed by atoms with van der Waals surface area (Å²) in [6.07, 6.45) is 1.14. The Bertz CT molecular complexity index is 544. The first-order chi connectivity index (χ1) is 9.72. The van der Waals surface area contributed by atoms with E-state index in [9.17, 15) is 0 Å².